The third-order valence-corrected chi connectivity index (χ3v) is 1.78. The molecule has 13 heavy (non-hydrogen) atoms. The predicted molar refractivity (Wildman–Crippen MR) is 41.9 cm³/mol. The molecule has 0 heterocycles. The lowest BCUT2D eigenvalue weighted by atomic mass is 9.92. The summed E-state index contributed by atoms with van der Waals surface area (Å²) in [4.78, 5) is 21.7. The van der Waals surface area contributed by atoms with Crippen LogP contribution in [0.4, 0.5) is 0 Å². The van der Waals surface area contributed by atoms with Crippen molar-refractivity contribution in [3.05, 3.63) is 0 Å². The van der Waals surface area contributed by atoms with Gasteiger partial charge in [0.25, 0.3) is 5.91 Å². The van der Waals surface area contributed by atoms with Gasteiger partial charge in [0.2, 0.25) is 0 Å². The van der Waals surface area contributed by atoms with Gasteiger partial charge in [0.1, 0.15) is 0 Å². The molecule has 0 aliphatic rings. The van der Waals surface area contributed by atoms with E-state index in [1.807, 2.05) is 0 Å². The van der Waals surface area contributed by atoms with E-state index in [1.165, 1.54) is 6.92 Å². The Hall–Kier alpha value is -0.980. The van der Waals surface area contributed by atoms with Crippen LogP contribution in [-0.2, 0) is 9.59 Å². The Bertz CT molecular complexity index is 213. The number of hydrogen-bond acceptors (Lipinski definition) is 5. The van der Waals surface area contributed by atoms with Gasteiger partial charge >= 0.3 is 0 Å². The highest BCUT2D eigenvalue weighted by Crippen LogP contribution is 2.13. The second-order valence-corrected chi connectivity index (χ2v) is 2.80. The lowest BCUT2D eigenvalue weighted by Gasteiger charge is -2.25. The Morgan fingerprint density at radius 3 is 2.31 bits per heavy atom. The molecule has 0 bridgehead atoms. The van der Waals surface area contributed by atoms with Gasteiger partial charge in [-0.3, -0.25) is 14.8 Å². The molecule has 0 aromatic heterocycles. The first kappa shape index (κ1) is 12.0. The second kappa shape index (κ2) is 4.31. The van der Waals surface area contributed by atoms with Crippen LogP contribution in [0.1, 0.15) is 20.3 Å². The summed E-state index contributed by atoms with van der Waals surface area (Å²) in [5.41, 5.74) is -1.02. The van der Waals surface area contributed by atoms with Gasteiger partial charge < -0.3 is 10.2 Å². The summed E-state index contributed by atoms with van der Waals surface area (Å²) in [5, 5.41) is 26.6. The van der Waals surface area contributed by atoms with E-state index in [9.17, 15) is 14.7 Å². The summed E-state index contributed by atoms with van der Waals surface area (Å²) in [6, 6.07) is 0. The predicted octanol–water partition coefficient (Wildman–Crippen LogP) is -1.42. The van der Waals surface area contributed by atoms with E-state index in [0.717, 1.165) is 12.4 Å². The van der Waals surface area contributed by atoms with E-state index < -0.39 is 23.4 Å². The quantitative estimate of drug-likeness (QED) is 0.322. The SMILES string of the molecule is CCC(=O)C(C)(O)C(O)C(=O)NO. The zero-order valence-electron chi connectivity index (χ0n) is 7.44. The molecule has 4 N–H and O–H groups in total. The van der Waals surface area contributed by atoms with Crippen molar-refractivity contribution in [2.75, 3.05) is 0 Å². The fraction of sp³-hybridized carbons (Fsp3) is 0.714. The number of aliphatic hydroxyl groups is 2. The van der Waals surface area contributed by atoms with Gasteiger partial charge in [0.05, 0.1) is 0 Å². The van der Waals surface area contributed by atoms with Crippen molar-refractivity contribution in [2.45, 2.75) is 32.0 Å². The number of Topliss-reactive ketones (excluding diaryl/α,β-unsaturated/α-hetero) is 1. The van der Waals surface area contributed by atoms with E-state index in [1.54, 1.807) is 0 Å². The molecule has 2 unspecified atom stereocenters. The maximum atomic E-state index is 11.0. The molecule has 0 rings (SSSR count). The molecule has 0 saturated heterocycles. The van der Waals surface area contributed by atoms with Crippen molar-refractivity contribution in [3.8, 4) is 0 Å². The minimum absolute atomic E-state index is 0.0111. The Kier molecular flexibility index (Phi) is 3.99. The number of aliphatic hydroxyl groups excluding tert-OH is 1. The fourth-order valence-electron chi connectivity index (χ4n) is 0.827. The van der Waals surface area contributed by atoms with Crippen LogP contribution >= 0.6 is 0 Å². The lowest BCUT2D eigenvalue weighted by molar-refractivity contribution is -0.162. The van der Waals surface area contributed by atoms with E-state index in [-0.39, 0.29) is 6.42 Å². The average molecular weight is 191 g/mol. The number of rotatable bonds is 4. The molecular weight excluding hydrogens is 178 g/mol. The number of ketones is 1. The van der Waals surface area contributed by atoms with Crippen molar-refractivity contribution < 1.29 is 25.0 Å². The molecule has 0 aromatic rings. The molecule has 0 radical (unpaired) electrons. The highest BCUT2D eigenvalue weighted by Gasteiger charge is 2.41. The van der Waals surface area contributed by atoms with Gasteiger partial charge in [-0.1, -0.05) is 6.92 Å². The molecule has 6 nitrogen and oxygen atoms in total. The molecule has 76 valence electrons. The van der Waals surface area contributed by atoms with E-state index in [4.69, 9.17) is 10.3 Å². The monoisotopic (exact) mass is 191 g/mol. The van der Waals surface area contributed by atoms with Gasteiger partial charge in [-0.2, -0.15) is 0 Å². The summed E-state index contributed by atoms with van der Waals surface area (Å²) in [5.74, 6) is -1.89. The molecule has 0 fully saturated rings. The van der Waals surface area contributed by atoms with Crippen molar-refractivity contribution in [1.82, 2.24) is 5.48 Å². The maximum absolute atomic E-state index is 11.0. The Morgan fingerprint density at radius 1 is 1.54 bits per heavy atom. The first-order valence-electron chi connectivity index (χ1n) is 3.75. The normalized spacial score (nSPS) is 17.3. The second-order valence-electron chi connectivity index (χ2n) is 2.80. The molecule has 0 spiro atoms. The van der Waals surface area contributed by atoms with Gasteiger partial charge in [0.15, 0.2) is 17.5 Å². The molecule has 1 amide bonds. The molecular formula is C7H13NO5. The first-order valence-corrected chi connectivity index (χ1v) is 3.75. The van der Waals surface area contributed by atoms with Crippen molar-refractivity contribution >= 4 is 11.7 Å². The largest absolute Gasteiger partial charge is 0.380 e. The van der Waals surface area contributed by atoms with Crippen LogP contribution < -0.4 is 5.48 Å². The third-order valence-electron chi connectivity index (χ3n) is 1.78. The lowest BCUT2D eigenvalue weighted by Crippen LogP contribution is -2.53. The van der Waals surface area contributed by atoms with Gasteiger partial charge in [0, 0.05) is 6.42 Å². The number of carbonyl (C=O) groups excluding carboxylic acids is 2. The molecule has 0 saturated carbocycles. The van der Waals surface area contributed by atoms with Gasteiger partial charge in [-0.15, -0.1) is 0 Å². The van der Waals surface area contributed by atoms with Crippen LogP contribution in [-0.4, -0.2) is 38.8 Å². The zero-order valence-corrected chi connectivity index (χ0v) is 7.44. The topological polar surface area (TPSA) is 107 Å². The highest BCUT2D eigenvalue weighted by molar-refractivity contribution is 5.94. The van der Waals surface area contributed by atoms with Crippen LogP contribution in [0.2, 0.25) is 0 Å². The fourth-order valence-corrected chi connectivity index (χ4v) is 0.827. The number of amides is 1. The maximum Gasteiger partial charge on any atom is 0.275 e. The van der Waals surface area contributed by atoms with Crippen LogP contribution in [0, 0.1) is 0 Å². The summed E-state index contributed by atoms with van der Waals surface area (Å²) in [6.45, 7) is 2.50. The van der Waals surface area contributed by atoms with Gasteiger partial charge in [-0.25, -0.2) is 5.48 Å². The summed E-state index contributed by atoms with van der Waals surface area (Å²) < 4.78 is 0. The van der Waals surface area contributed by atoms with E-state index in [2.05, 4.69) is 0 Å². The van der Waals surface area contributed by atoms with Crippen molar-refractivity contribution in [1.29, 1.82) is 0 Å². The Balaban J connectivity index is 4.62. The van der Waals surface area contributed by atoms with Crippen molar-refractivity contribution in [2.24, 2.45) is 0 Å². The van der Waals surface area contributed by atoms with E-state index >= 15 is 0 Å². The number of carbonyl (C=O) groups is 2. The van der Waals surface area contributed by atoms with Crippen LogP contribution in [0.3, 0.4) is 0 Å². The van der Waals surface area contributed by atoms with Crippen molar-refractivity contribution in [3.63, 3.8) is 0 Å². The minimum atomic E-state index is -2.17. The third kappa shape index (κ3) is 2.48. The van der Waals surface area contributed by atoms with E-state index in [0.29, 0.717) is 0 Å². The number of hydroxylamine groups is 1. The number of nitrogens with one attached hydrogen (secondary N) is 1. The highest BCUT2D eigenvalue weighted by atomic mass is 16.5. The smallest absolute Gasteiger partial charge is 0.275 e. The standard InChI is InChI=1S/C7H13NO5/c1-3-4(9)7(2,12)5(10)6(11)8-13/h5,10,12-13H,3H2,1-2H3,(H,8,11). The molecule has 0 aliphatic carbocycles. The van der Waals surface area contributed by atoms with Crippen LogP contribution in [0.25, 0.3) is 0 Å². The van der Waals surface area contributed by atoms with Gasteiger partial charge in [-0.05, 0) is 6.92 Å². The summed E-state index contributed by atoms with van der Waals surface area (Å²) >= 11 is 0. The molecule has 0 aromatic carbocycles. The minimum Gasteiger partial charge on any atom is -0.380 e. The Morgan fingerprint density at radius 2 is 2.00 bits per heavy atom. The molecule has 0 aliphatic heterocycles. The summed E-state index contributed by atoms with van der Waals surface area (Å²) in [6.07, 6.45) is -1.98. The zero-order chi connectivity index (χ0) is 10.6. The molecule has 6 heteroatoms. The van der Waals surface area contributed by atoms with Crippen LogP contribution in [0.5, 0.6) is 0 Å². The average Bonchev–Trinajstić information content (AvgIpc) is 2.13. The van der Waals surface area contributed by atoms with Crippen LogP contribution in [0.15, 0.2) is 0 Å². The first-order chi connectivity index (χ1) is 5.87. The molecule has 2 atom stereocenters. The Labute approximate surface area is 75.1 Å². The summed E-state index contributed by atoms with van der Waals surface area (Å²) in [7, 11) is 0. The number of hydrogen-bond donors (Lipinski definition) is 4.